The maximum Gasteiger partial charge on any atom is 0.416 e. The Morgan fingerprint density at radius 3 is 2.24 bits per heavy atom. The first-order valence-corrected chi connectivity index (χ1v) is 5.54. The topological polar surface area (TPSA) is 35.2 Å². The van der Waals surface area contributed by atoms with Crippen molar-refractivity contribution in [3.8, 4) is 5.75 Å². The predicted octanol–water partition coefficient (Wildman–Crippen LogP) is 2.96. The zero-order valence-corrected chi connectivity index (χ0v) is 9.20. The molecule has 0 aromatic heterocycles. The van der Waals surface area contributed by atoms with E-state index < -0.39 is 11.7 Å². The van der Waals surface area contributed by atoms with Gasteiger partial charge < -0.3 is 10.5 Å². The van der Waals surface area contributed by atoms with Crippen molar-refractivity contribution >= 4 is 0 Å². The monoisotopic (exact) mass is 245 g/mol. The van der Waals surface area contributed by atoms with Gasteiger partial charge in [-0.25, -0.2) is 0 Å². The second-order valence-corrected chi connectivity index (χ2v) is 4.34. The second kappa shape index (κ2) is 4.56. The van der Waals surface area contributed by atoms with Gasteiger partial charge in [0.1, 0.15) is 11.9 Å². The van der Waals surface area contributed by atoms with Crippen molar-refractivity contribution in [1.82, 2.24) is 0 Å². The molecule has 0 saturated heterocycles. The van der Waals surface area contributed by atoms with Gasteiger partial charge in [-0.15, -0.1) is 0 Å². The molecule has 0 aliphatic heterocycles. The van der Waals surface area contributed by atoms with Crippen LogP contribution in [0.2, 0.25) is 0 Å². The molecule has 2 rings (SSSR count). The maximum absolute atomic E-state index is 12.3. The van der Waals surface area contributed by atoms with Crippen LogP contribution in [-0.4, -0.2) is 12.1 Å². The summed E-state index contributed by atoms with van der Waals surface area (Å²) in [6.45, 7) is 0. The van der Waals surface area contributed by atoms with Crippen molar-refractivity contribution < 1.29 is 17.9 Å². The third-order valence-electron chi connectivity index (χ3n) is 2.91. The molecule has 1 saturated carbocycles. The van der Waals surface area contributed by atoms with Gasteiger partial charge in [0.15, 0.2) is 0 Å². The molecule has 1 aromatic rings. The zero-order chi connectivity index (χ0) is 12.5. The maximum atomic E-state index is 12.3. The van der Waals surface area contributed by atoms with Crippen molar-refractivity contribution in [2.75, 3.05) is 0 Å². The van der Waals surface area contributed by atoms with Crippen LogP contribution in [0.5, 0.6) is 5.75 Å². The van der Waals surface area contributed by atoms with E-state index in [1.807, 2.05) is 0 Å². The molecule has 0 radical (unpaired) electrons. The lowest BCUT2D eigenvalue weighted by atomic mass is 10.2. The van der Waals surface area contributed by atoms with Crippen LogP contribution >= 0.6 is 0 Å². The van der Waals surface area contributed by atoms with Gasteiger partial charge >= 0.3 is 6.18 Å². The molecule has 1 aliphatic carbocycles. The Morgan fingerprint density at radius 1 is 1.12 bits per heavy atom. The Hall–Kier alpha value is -1.23. The Kier molecular flexibility index (Phi) is 3.28. The molecule has 1 aromatic carbocycles. The van der Waals surface area contributed by atoms with Crippen LogP contribution < -0.4 is 10.5 Å². The van der Waals surface area contributed by atoms with Gasteiger partial charge in [0.05, 0.1) is 5.56 Å². The van der Waals surface area contributed by atoms with Gasteiger partial charge in [0.2, 0.25) is 0 Å². The van der Waals surface area contributed by atoms with Gasteiger partial charge in [0, 0.05) is 6.04 Å². The number of hydrogen-bond acceptors (Lipinski definition) is 2. The Balaban J connectivity index is 1.99. The SMILES string of the molecule is N[C@H]1CC[C@H](Oc2ccc(C(F)(F)F)cc2)C1. The van der Waals surface area contributed by atoms with Gasteiger partial charge in [-0.05, 0) is 43.5 Å². The minimum Gasteiger partial charge on any atom is -0.490 e. The van der Waals surface area contributed by atoms with Crippen LogP contribution in [0.1, 0.15) is 24.8 Å². The third-order valence-corrected chi connectivity index (χ3v) is 2.91. The molecule has 1 aliphatic rings. The van der Waals surface area contributed by atoms with E-state index in [1.165, 1.54) is 12.1 Å². The van der Waals surface area contributed by atoms with E-state index in [-0.39, 0.29) is 12.1 Å². The lowest BCUT2D eigenvalue weighted by Crippen LogP contribution is -2.19. The van der Waals surface area contributed by atoms with Crippen molar-refractivity contribution in [1.29, 1.82) is 0 Å². The van der Waals surface area contributed by atoms with Gasteiger partial charge in [-0.2, -0.15) is 13.2 Å². The number of alkyl halides is 3. The fourth-order valence-electron chi connectivity index (χ4n) is 2.00. The fraction of sp³-hybridized carbons (Fsp3) is 0.500. The van der Waals surface area contributed by atoms with E-state index in [0.29, 0.717) is 5.75 Å². The average Bonchev–Trinajstić information content (AvgIpc) is 2.63. The summed E-state index contributed by atoms with van der Waals surface area (Å²) in [5.74, 6) is 0.470. The number of halogens is 3. The van der Waals surface area contributed by atoms with Crippen LogP contribution in [0.3, 0.4) is 0 Å². The predicted molar refractivity (Wildman–Crippen MR) is 57.7 cm³/mol. The smallest absolute Gasteiger partial charge is 0.416 e. The normalized spacial score (nSPS) is 24.9. The van der Waals surface area contributed by atoms with E-state index >= 15 is 0 Å². The third kappa shape index (κ3) is 3.12. The Labute approximate surface area is 97.6 Å². The molecule has 17 heavy (non-hydrogen) atoms. The lowest BCUT2D eigenvalue weighted by molar-refractivity contribution is -0.137. The quantitative estimate of drug-likeness (QED) is 0.869. The standard InChI is InChI=1S/C12H14F3NO/c13-12(14,15)8-1-4-10(5-2-8)17-11-6-3-9(16)7-11/h1-2,4-5,9,11H,3,6-7,16H2/t9-,11-/m0/s1. The molecule has 2 N–H and O–H groups in total. The van der Waals surface area contributed by atoms with Crippen molar-refractivity contribution in [2.45, 2.75) is 37.6 Å². The van der Waals surface area contributed by atoms with Crippen molar-refractivity contribution in [3.05, 3.63) is 29.8 Å². The van der Waals surface area contributed by atoms with Gasteiger partial charge in [-0.3, -0.25) is 0 Å². The highest BCUT2D eigenvalue weighted by Gasteiger charge is 2.30. The highest BCUT2D eigenvalue weighted by Crippen LogP contribution is 2.31. The number of rotatable bonds is 2. The molecule has 1 fully saturated rings. The molecular formula is C12H14F3NO. The molecule has 94 valence electrons. The summed E-state index contributed by atoms with van der Waals surface area (Å²) in [6, 6.07) is 4.92. The minimum atomic E-state index is -4.30. The molecular weight excluding hydrogens is 231 g/mol. The van der Waals surface area contributed by atoms with Crippen LogP contribution in [0.15, 0.2) is 24.3 Å². The van der Waals surface area contributed by atoms with E-state index in [9.17, 15) is 13.2 Å². The largest absolute Gasteiger partial charge is 0.490 e. The van der Waals surface area contributed by atoms with Crippen LogP contribution in [0.25, 0.3) is 0 Å². The number of hydrogen-bond donors (Lipinski definition) is 1. The molecule has 0 spiro atoms. The van der Waals surface area contributed by atoms with Gasteiger partial charge in [0.25, 0.3) is 0 Å². The molecule has 0 amide bonds. The summed E-state index contributed by atoms with van der Waals surface area (Å²) in [5.41, 5.74) is 5.07. The van der Waals surface area contributed by atoms with Crippen molar-refractivity contribution in [3.63, 3.8) is 0 Å². The zero-order valence-electron chi connectivity index (χ0n) is 9.20. The van der Waals surface area contributed by atoms with E-state index in [2.05, 4.69) is 0 Å². The summed E-state index contributed by atoms with van der Waals surface area (Å²) in [6.07, 6.45) is -1.73. The molecule has 0 unspecified atom stereocenters. The number of benzene rings is 1. The Morgan fingerprint density at radius 2 is 1.76 bits per heavy atom. The van der Waals surface area contributed by atoms with E-state index in [0.717, 1.165) is 31.4 Å². The first-order chi connectivity index (χ1) is 7.95. The summed E-state index contributed by atoms with van der Waals surface area (Å²) >= 11 is 0. The fourth-order valence-corrected chi connectivity index (χ4v) is 2.00. The summed E-state index contributed by atoms with van der Waals surface area (Å²) in [7, 11) is 0. The minimum absolute atomic E-state index is 0.0294. The molecule has 0 heterocycles. The lowest BCUT2D eigenvalue weighted by Gasteiger charge is -2.14. The number of ether oxygens (including phenoxy) is 1. The van der Waals surface area contributed by atoms with E-state index in [1.54, 1.807) is 0 Å². The molecule has 2 atom stereocenters. The molecule has 5 heteroatoms. The first-order valence-electron chi connectivity index (χ1n) is 5.54. The average molecular weight is 245 g/mol. The van der Waals surface area contributed by atoms with Crippen LogP contribution in [0, 0.1) is 0 Å². The van der Waals surface area contributed by atoms with Crippen LogP contribution in [0.4, 0.5) is 13.2 Å². The van der Waals surface area contributed by atoms with Crippen LogP contribution in [-0.2, 0) is 6.18 Å². The first kappa shape index (κ1) is 12.2. The van der Waals surface area contributed by atoms with E-state index in [4.69, 9.17) is 10.5 Å². The second-order valence-electron chi connectivity index (χ2n) is 4.34. The summed E-state index contributed by atoms with van der Waals surface area (Å²) < 4.78 is 42.5. The highest BCUT2D eigenvalue weighted by molar-refractivity contribution is 5.29. The highest BCUT2D eigenvalue weighted by atomic mass is 19.4. The summed E-state index contributed by atoms with van der Waals surface area (Å²) in [5, 5.41) is 0. The molecule has 0 bridgehead atoms. The summed E-state index contributed by atoms with van der Waals surface area (Å²) in [4.78, 5) is 0. The van der Waals surface area contributed by atoms with Gasteiger partial charge in [-0.1, -0.05) is 0 Å². The number of nitrogens with two attached hydrogens (primary N) is 1. The van der Waals surface area contributed by atoms with Crippen molar-refractivity contribution in [2.24, 2.45) is 5.73 Å². The molecule has 2 nitrogen and oxygen atoms in total. The Bertz CT molecular complexity index is 374.